The van der Waals surface area contributed by atoms with Crippen LogP contribution in [0.15, 0.2) is 70.2 Å². The molecule has 0 unspecified atom stereocenters. The van der Waals surface area contributed by atoms with E-state index < -0.39 is 5.97 Å². The van der Waals surface area contributed by atoms with Crippen LogP contribution >= 0.6 is 27.5 Å². The van der Waals surface area contributed by atoms with Crippen molar-refractivity contribution in [3.05, 3.63) is 86.8 Å². The number of hydrazone groups is 1. The van der Waals surface area contributed by atoms with Gasteiger partial charge in [-0.2, -0.15) is 5.10 Å². The lowest BCUT2D eigenvalue weighted by Gasteiger charge is -2.13. The molecule has 3 rings (SSSR count). The molecule has 0 saturated carbocycles. The van der Waals surface area contributed by atoms with Crippen molar-refractivity contribution >= 4 is 45.6 Å². The number of hydrogen-bond acceptors (Lipinski definition) is 6. The molecule has 0 saturated heterocycles. The highest BCUT2D eigenvalue weighted by Crippen LogP contribution is 2.37. The van der Waals surface area contributed by atoms with Gasteiger partial charge in [-0.1, -0.05) is 11.6 Å². The molecule has 0 aliphatic heterocycles. The number of rotatable bonds is 8. The number of ether oxygens (including phenoxy) is 3. The topological polar surface area (TPSA) is 86.2 Å². The number of carbonyl (C=O) groups excluding carboxylic acids is 2. The summed E-state index contributed by atoms with van der Waals surface area (Å²) in [6, 6.07) is 16.4. The summed E-state index contributed by atoms with van der Waals surface area (Å²) in [5.41, 5.74) is 3.85. The SMILES string of the molecule is CCOc1cc(/C=N\NC(=O)c2ccc(Cl)cc2)cc(Br)c1OC(=O)c1ccc(OC)cc1. The van der Waals surface area contributed by atoms with E-state index in [1.54, 1.807) is 67.8 Å². The molecule has 1 amide bonds. The molecular weight excluding hydrogens is 512 g/mol. The van der Waals surface area contributed by atoms with Crippen LogP contribution in [-0.4, -0.2) is 31.8 Å². The lowest BCUT2D eigenvalue weighted by Crippen LogP contribution is -2.17. The Kier molecular flexibility index (Phi) is 8.46. The van der Waals surface area contributed by atoms with Crippen molar-refractivity contribution in [3.8, 4) is 17.2 Å². The third kappa shape index (κ3) is 6.57. The van der Waals surface area contributed by atoms with E-state index >= 15 is 0 Å². The summed E-state index contributed by atoms with van der Waals surface area (Å²) < 4.78 is 16.8. The first-order valence-electron chi connectivity index (χ1n) is 9.82. The van der Waals surface area contributed by atoms with E-state index in [1.807, 2.05) is 6.92 Å². The molecule has 170 valence electrons. The summed E-state index contributed by atoms with van der Waals surface area (Å²) >= 11 is 9.25. The van der Waals surface area contributed by atoms with Gasteiger partial charge in [0.25, 0.3) is 5.91 Å². The van der Waals surface area contributed by atoms with Crippen LogP contribution in [0.2, 0.25) is 5.02 Å². The van der Waals surface area contributed by atoms with Crippen LogP contribution in [-0.2, 0) is 0 Å². The Labute approximate surface area is 204 Å². The van der Waals surface area contributed by atoms with Gasteiger partial charge in [0.2, 0.25) is 0 Å². The van der Waals surface area contributed by atoms with Gasteiger partial charge >= 0.3 is 5.97 Å². The molecule has 0 atom stereocenters. The highest BCUT2D eigenvalue weighted by Gasteiger charge is 2.17. The van der Waals surface area contributed by atoms with E-state index in [1.165, 1.54) is 6.21 Å². The molecule has 0 fully saturated rings. The number of halogens is 2. The zero-order chi connectivity index (χ0) is 23.8. The number of methoxy groups -OCH3 is 1. The smallest absolute Gasteiger partial charge is 0.343 e. The second-order valence-corrected chi connectivity index (χ2v) is 7.88. The number of benzene rings is 3. The van der Waals surface area contributed by atoms with Crippen molar-refractivity contribution in [2.75, 3.05) is 13.7 Å². The highest BCUT2D eigenvalue weighted by atomic mass is 79.9. The Bertz CT molecular complexity index is 1160. The molecule has 0 bridgehead atoms. The molecule has 0 heterocycles. The molecule has 0 radical (unpaired) electrons. The molecule has 3 aromatic rings. The molecule has 3 aromatic carbocycles. The number of amides is 1. The fourth-order valence-corrected chi connectivity index (χ4v) is 3.40. The summed E-state index contributed by atoms with van der Waals surface area (Å²) in [5, 5.41) is 4.52. The minimum absolute atomic E-state index is 0.236. The zero-order valence-electron chi connectivity index (χ0n) is 17.8. The molecule has 0 spiro atoms. The summed E-state index contributed by atoms with van der Waals surface area (Å²) in [7, 11) is 1.55. The van der Waals surface area contributed by atoms with Crippen LogP contribution < -0.4 is 19.6 Å². The minimum atomic E-state index is -0.545. The number of hydrogen-bond donors (Lipinski definition) is 1. The summed E-state index contributed by atoms with van der Waals surface area (Å²) in [4.78, 5) is 24.8. The molecule has 0 aliphatic carbocycles. The van der Waals surface area contributed by atoms with Gasteiger partial charge < -0.3 is 14.2 Å². The molecule has 0 aromatic heterocycles. The van der Waals surface area contributed by atoms with Crippen molar-refractivity contribution in [1.29, 1.82) is 0 Å². The van der Waals surface area contributed by atoms with Gasteiger partial charge in [-0.3, -0.25) is 4.79 Å². The second-order valence-electron chi connectivity index (χ2n) is 6.59. The van der Waals surface area contributed by atoms with E-state index in [0.717, 1.165) is 0 Å². The lowest BCUT2D eigenvalue weighted by molar-refractivity contribution is 0.0726. The molecule has 9 heteroatoms. The van der Waals surface area contributed by atoms with E-state index in [-0.39, 0.29) is 11.7 Å². The first-order valence-corrected chi connectivity index (χ1v) is 11.0. The van der Waals surface area contributed by atoms with E-state index in [9.17, 15) is 9.59 Å². The van der Waals surface area contributed by atoms with E-state index in [2.05, 4.69) is 26.5 Å². The Morgan fingerprint density at radius 2 is 1.73 bits per heavy atom. The number of nitrogens with zero attached hydrogens (tertiary/aromatic N) is 1. The van der Waals surface area contributed by atoms with Crippen molar-refractivity contribution < 1.29 is 23.8 Å². The normalized spacial score (nSPS) is 10.7. The van der Waals surface area contributed by atoms with Gasteiger partial charge in [0.1, 0.15) is 5.75 Å². The summed E-state index contributed by atoms with van der Waals surface area (Å²) in [5.74, 6) is 0.293. The number of nitrogens with one attached hydrogen (secondary N) is 1. The lowest BCUT2D eigenvalue weighted by atomic mass is 10.2. The predicted molar refractivity (Wildman–Crippen MR) is 130 cm³/mol. The number of esters is 1. The minimum Gasteiger partial charge on any atom is -0.497 e. The molecular formula is C24H20BrClN2O5. The van der Waals surface area contributed by atoms with Crippen molar-refractivity contribution in [3.63, 3.8) is 0 Å². The number of carbonyl (C=O) groups is 2. The van der Waals surface area contributed by atoms with Crippen LogP contribution in [0.4, 0.5) is 0 Å². The maximum Gasteiger partial charge on any atom is 0.343 e. The molecule has 33 heavy (non-hydrogen) atoms. The molecule has 0 aliphatic rings. The Balaban J connectivity index is 1.75. The van der Waals surface area contributed by atoms with Gasteiger partial charge in [-0.15, -0.1) is 0 Å². The van der Waals surface area contributed by atoms with Crippen molar-refractivity contribution in [2.24, 2.45) is 5.10 Å². The fraction of sp³-hybridized carbons (Fsp3) is 0.125. The third-order valence-corrected chi connectivity index (χ3v) is 5.18. The van der Waals surface area contributed by atoms with Gasteiger partial charge in [0.15, 0.2) is 11.5 Å². The molecule has 1 N–H and O–H groups in total. The maximum absolute atomic E-state index is 12.6. The summed E-state index contributed by atoms with van der Waals surface area (Å²) in [6.45, 7) is 2.17. The Morgan fingerprint density at radius 3 is 2.36 bits per heavy atom. The van der Waals surface area contributed by atoms with Crippen LogP contribution in [0.5, 0.6) is 17.2 Å². The molecule has 7 nitrogen and oxygen atoms in total. The Morgan fingerprint density at radius 1 is 1.06 bits per heavy atom. The Hall–Kier alpha value is -3.36. The van der Waals surface area contributed by atoms with Crippen LogP contribution in [0.1, 0.15) is 33.2 Å². The van der Waals surface area contributed by atoms with Gasteiger partial charge in [0.05, 0.1) is 30.0 Å². The van der Waals surface area contributed by atoms with Crippen LogP contribution in [0.3, 0.4) is 0 Å². The zero-order valence-corrected chi connectivity index (χ0v) is 20.1. The van der Waals surface area contributed by atoms with Crippen molar-refractivity contribution in [2.45, 2.75) is 6.92 Å². The van der Waals surface area contributed by atoms with Gasteiger partial charge in [0, 0.05) is 10.6 Å². The fourth-order valence-electron chi connectivity index (χ4n) is 2.73. The van der Waals surface area contributed by atoms with Gasteiger partial charge in [-0.05, 0) is 89.1 Å². The van der Waals surface area contributed by atoms with Crippen LogP contribution in [0.25, 0.3) is 0 Å². The van der Waals surface area contributed by atoms with E-state index in [4.69, 9.17) is 25.8 Å². The van der Waals surface area contributed by atoms with Gasteiger partial charge in [-0.25, -0.2) is 10.2 Å². The van der Waals surface area contributed by atoms with Crippen molar-refractivity contribution in [1.82, 2.24) is 5.43 Å². The first-order chi connectivity index (χ1) is 15.9. The maximum atomic E-state index is 12.6. The quantitative estimate of drug-likeness (QED) is 0.180. The van der Waals surface area contributed by atoms with Crippen LogP contribution in [0, 0.1) is 0 Å². The second kappa shape index (κ2) is 11.5. The summed E-state index contributed by atoms with van der Waals surface area (Å²) in [6.07, 6.45) is 1.45. The first kappa shape index (κ1) is 24.3. The average Bonchev–Trinajstić information content (AvgIpc) is 2.81. The largest absolute Gasteiger partial charge is 0.497 e. The van der Waals surface area contributed by atoms with E-state index in [0.29, 0.717) is 44.3 Å². The predicted octanol–water partition coefficient (Wildman–Crippen LogP) is 5.49. The third-order valence-electron chi connectivity index (χ3n) is 4.34. The standard InChI is InChI=1S/C24H20BrClN2O5/c1-3-32-21-13-15(14-27-28-23(29)16-4-8-18(26)9-5-16)12-20(25)22(21)33-24(30)17-6-10-19(31-2)11-7-17/h4-14H,3H2,1-2H3,(H,28,29)/b27-14-. The monoisotopic (exact) mass is 530 g/mol. The average molecular weight is 532 g/mol. The highest BCUT2D eigenvalue weighted by molar-refractivity contribution is 9.10.